The number of Topliss-reactive ketones (excluding diaryl/α,β-unsaturated/α-hetero) is 1. The molecule has 0 aromatic heterocycles. The number of rotatable bonds is 6. The number of carbonyl (C=O) groups is 3. The molecule has 0 spiro atoms. The quantitative estimate of drug-likeness (QED) is 0.493. The fraction of sp³-hybridized carbons (Fsp3) is 0.471. The third kappa shape index (κ3) is 3.75. The number of carbonyl (C=O) groups excluding carboxylic acids is 3. The number of aryl methyl sites for hydroxylation is 2. The van der Waals surface area contributed by atoms with Gasteiger partial charge in [-0.05, 0) is 49.9 Å². The Balaban J connectivity index is 2.01. The van der Waals surface area contributed by atoms with Gasteiger partial charge in [0.1, 0.15) is 0 Å². The van der Waals surface area contributed by atoms with Crippen LogP contribution in [0.1, 0.15) is 39.5 Å². The number of thioether (sulfide) groups is 1. The largest absolute Gasteiger partial charge is 0.329 e. The first kappa shape index (κ1) is 17.5. The highest BCUT2D eigenvalue weighted by Gasteiger charge is 2.27. The molecule has 0 unspecified atom stereocenters. The van der Waals surface area contributed by atoms with Crippen LogP contribution in [0, 0.1) is 20.8 Å². The molecule has 5 nitrogen and oxygen atoms in total. The first-order valence-corrected chi connectivity index (χ1v) is 8.75. The van der Waals surface area contributed by atoms with Crippen molar-refractivity contribution in [3.8, 4) is 0 Å². The number of nitrogens with zero attached hydrogens (tertiary/aromatic N) is 1. The number of nitrogens with one attached hydrogen (secondary N) is 1. The molecular weight excluding hydrogens is 312 g/mol. The molecule has 0 atom stereocenters. The number of urea groups is 1. The predicted molar refractivity (Wildman–Crippen MR) is 91.9 cm³/mol. The lowest BCUT2D eigenvalue weighted by Gasteiger charge is -2.16. The Morgan fingerprint density at radius 1 is 1.26 bits per heavy atom. The molecule has 0 bridgehead atoms. The minimum absolute atomic E-state index is 0.0885. The van der Waals surface area contributed by atoms with Crippen LogP contribution in [0.5, 0.6) is 0 Å². The van der Waals surface area contributed by atoms with Crippen LogP contribution in [-0.4, -0.2) is 41.5 Å². The second-order valence-corrected chi connectivity index (χ2v) is 6.91. The third-order valence-corrected chi connectivity index (χ3v) is 5.09. The van der Waals surface area contributed by atoms with E-state index < -0.39 is 0 Å². The Morgan fingerprint density at radius 2 is 1.96 bits per heavy atom. The summed E-state index contributed by atoms with van der Waals surface area (Å²) in [6, 6.07) is 1.74. The topological polar surface area (TPSA) is 66.5 Å². The molecule has 1 aromatic carbocycles. The summed E-state index contributed by atoms with van der Waals surface area (Å²) >= 11 is 1.67. The Labute approximate surface area is 140 Å². The molecule has 0 radical (unpaired) electrons. The van der Waals surface area contributed by atoms with Crippen LogP contribution in [0.25, 0.3) is 0 Å². The molecule has 0 saturated carbocycles. The molecule has 1 N–H and O–H groups in total. The smallest absolute Gasteiger partial charge is 0.324 e. The van der Waals surface area contributed by atoms with Crippen LogP contribution in [0.4, 0.5) is 4.79 Å². The van der Waals surface area contributed by atoms with Crippen molar-refractivity contribution in [2.75, 3.05) is 18.8 Å². The van der Waals surface area contributed by atoms with Gasteiger partial charge in [0.25, 0.3) is 0 Å². The minimum Gasteiger partial charge on any atom is -0.329 e. The maximum absolute atomic E-state index is 11.8. The van der Waals surface area contributed by atoms with E-state index in [1.807, 2.05) is 13.8 Å². The van der Waals surface area contributed by atoms with Crippen molar-refractivity contribution >= 4 is 29.5 Å². The maximum atomic E-state index is 11.8. The van der Waals surface area contributed by atoms with Crippen molar-refractivity contribution in [1.29, 1.82) is 0 Å². The minimum atomic E-state index is -0.308. The Morgan fingerprint density at radius 3 is 2.52 bits per heavy atom. The summed E-state index contributed by atoms with van der Waals surface area (Å²) < 4.78 is 0. The van der Waals surface area contributed by atoms with E-state index in [-0.39, 0.29) is 24.3 Å². The lowest BCUT2D eigenvalue weighted by Crippen LogP contribution is -2.32. The van der Waals surface area contributed by atoms with Crippen molar-refractivity contribution in [3.63, 3.8) is 0 Å². The van der Waals surface area contributed by atoms with E-state index in [4.69, 9.17) is 0 Å². The molecule has 23 heavy (non-hydrogen) atoms. The first-order valence-electron chi connectivity index (χ1n) is 7.59. The lowest BCUT2D eigenvalue weighted by atomic mass is 9.92. The molecule has 124 valence electrons. The van der Waals surface area contributed by atoms with Gasteiger partial charge in [0, 0.05) is 23.6 Å². The molecule has 6 heteroatoms. The lowest BCUT2D eigenvalue weighted by molar-refractivity contribution is -0.124. The Bertz CT molecular complexity index is 654. The van der Waals surface area contributed by atoms with Crippen LogP contribution in [0.3, 0.4) is 0 Å². The Kier molecular flexibility index (Phi) is 5.46. The Hall–Kier alpha value is -1.82. The summed E-state index contributed by atoms with van der Waals surface area (Å²) in [6.45, 7) is 8.12. The average molecular weight is 334 g/mol. The van der Waals surface area contributed by atoms with Gasteiger partial charge in [-0.3, -0.25) is 14.5 Å². The van der Waals surface area contributed by atoms with Crippen LogP contribution < -0.4 is 5.32 Å². The van der Waals surface area contributed by atoms with Crippen molar-refractivity contribution in [2.45, 2.75) is 33.4 Å². The van der Waals surface area contributed by atoms with E-state index in [2.05, 4.69) is 18.3 Å². The van der Waals surface area contributed by atoms with E-state index in [9.17, 15) is 14.4 Å². The highest BCUT2D eigenvalue weighted by molar-refractivity contribution is 7.98. The summed E-state index contributed by atoms with van der Waals surface area (Å²) in [5, 5.41) is 2.51. The van der Waals surface area contributed by atoms with Crippen molar-refractivity contribution in [2.24, 2.45) is 0 Å². The number of imide groups is 1. The van der Waals surface area contributed by atoms with E-state index in [0.29, 0.717) is 12.3 Å². The number of ketones is 1. The second-order valence-electron chi connectivity index (χ2n) is 5.80. The molecule has 0 aliphatic carbocycles. The average Bonchev–Trinajstić information content (AvgIpc) is 2.76. The van der Waals surface area contributed by atoms with Gasteiger partial charge < -0.3 is 5.32 Å². The molecule has 1 aliphatic rings. The highest BCUT2D eigenvalue weighted by atomic mass is 32.2. The fourth-order valence-corrected chi connectivity index (χ4v) is 4.11. The van der Waals surface area contributed by atoms with E-state index in [1.54, 1.807) is 18.7 Å². The number of benzene rings is 1. The van der Waals surface area contributed by atoms with Crippen LogP contribution in [0.2, 0.25) is 0 Å². The molecule has 2 rings (SSSR count). The van der Waals surface area contributed by atoms with E-state index >= 15 is 0 Å². The van der Waals surface area contributed by atoms with Crippen molar-refractivity contribution < 1.29 is 14.4 Å². The van der Waals surface area contributed by atoms with Crippen molar-refractivity contribution in [1.82, 2.24) is 10.2 Å². The predicted octanol–water partition coefficient (Wildman–Crippen LogP) is 2.60. The van der Waals surface area contributed by atoms with Gasteiger partial charge in [-0.2, -0.15) is 11.8 Å². The fourth-order valence-electron chi connectivity index (χ4n) is 3.00. The highest BCUT2D eigenvalue weighted by Crippen LogP contribution is 2.26. The van der Waals surface area contributed by atoms with Gasteiger partial charge in [-0.1, -0.05) is 6.07 Å². The molecule has 1 aromatic rings. The van der Waals surface area contributed by atoms with E-state index in [0.717, 1.165) is 22.4 Å². The van der Waals surface area contributed by atoms with Gasteiger partial charge in [0.2, 0.25) is 5.91 Å². The summed E-state index contributed by atoms with van der Waals surface area (Å²) in [4.78, 5) is 36.1. The van der Waals surface area contributed by atoms with Gasteiger partial charge in [0.05, 0.1) is 6.54 Å². The summed E-state index contributed by atoms with van der Waals surface area (Å²) in [6.07, 6.45) is 0. The number of hydrogen-bond donors (Lipinski definition) is 1. The molecule has 3 amide bonds. The monoisotopic (exact) mass is 334 g/mol. The molecule has 1 aliphatic heterocycles. The van der Waals surface area contributed by atoms with E-state index in [1.165, 1.54) is 16.0 Å². The zero-order chi connectivity index (χ0) is 17.1. The zero-order valence-electron chi connectivity index (χ0n) is 14.0. The van der Waals surface area contributed by atoms with Gasteiger partial charge >= 0.3 is 6.03 Å². The summed E-state index contributed by atoms with van der Waals surface area (Å²) in [5.41, 5.74) is 5.20. The van der Waals surface area contributed by atoms with Gasteiger partial charge in [0.15, 0.2) is 5.78 Å². The van der Waals surface area contributed by atoms with Gasteiger partial charge in [-0.15, -0.1) is 0 Å². The molecular formula is C17H22N2O3S. The number of amides is 3. The second kappa shape index (κ2) is 7.17. The SMILES string of the molecule is CC(=O)c1c(C)cc(C)c(CSCCN2C(=O)CNC2=O)c1C. The van der Waals surface area contributed by atoms with Crippen LogP contribution in [-0.2, 0) is 10.5 Å². The standard InChI is InChI=1S/C17H22N2O3S/c1-10-7-11(2)16(13(4)20)12(3)14(10)9-23-6-5-19-15(21)8-18-17(19)22/h7H,5-6,8-9H2,1-4H3,(H,18,22). The van der Waals surface area contributed by atoms with Crippen LogP contribution >= 0.6 is 11.8 Å². The molecule has 1 saturated heterocycles. The zero-order valence-corrected chi connectivity index (χ0v) is 14.8. The normalized spacial score (nSPS) is 14.3. The molecule has 1 fully saturated rings. The molecule has 1 heterocycles. The first-order chi connectivity index (χ1) is 10.8. The van der Waals surface area contributed by atoms with Gasteiger partial charge in [-0.25, -0.2) is 4.79 Å². The summed E-state index contributed by atoms with van der Waals surface area (Å²) in [7, 11) is 0. The third-order valence-electron chi connectivity index (χ3n) is 4.13. The maximum Gasteiger partial charge on any atom is 0.324 e. The number of hydrogen-bond acceptors (Lipinski definition) is 4. The summed E-state index contributed by atoms with van der Waals surface area (Å²) in [5.74, 6) is 1.37. The van der Waals surface area contributed by atoms with Crippen molar-refractivity contribution in [3.05, 3.63) is 33.9 Å². The van der Waals surface area contributed by atoms with Crippen LogP contribution in [0.15, 0.2) is 6.07 Å².